The van der Waals surface area contributed by atoms with E-state index in [2.05, 4.69) is 51.4 Å². The van der Waals surface area contributed by atoms with Crippen molar-refractivity contribution in [1.82, 2.24) is 30.6 Å². The lowest BCUT2D eigenvalue weighted by Gasteiger charge is -2.30. The first-order chi connectivity index (χ1) is 27.9. The van der Waals surface area contributed by atoms with Gasteiger partial charge in [0.15, 0.2) is 0 Å². The molecule has 0 aliphatic carbocycles. The van der Waals surface area contributed by atoms with Crippen molar-refractivity contribution in [2.45, 2.75) is 65.5 Å². The monoisotopic (exact) mass is 882 g/mol. The van der Waals surface area contributed by atoms with Gasteiger partial charge in [0.1, 0.15) is 11.7 Å². The molecule has 4 N–H and O–H groups in total. The van der Waals surface area contributed by atoms with Crippen molar-refractivity contribution in [3.63, 3.8) is 0 Å². The summed E-state index contributed by atoms with van der Waals surface area (Å²) in [6, 6.07) is 10.6. The van der Waals surface area contributed by atoms with Crippen LogP contribution in [0.2, 0.25) is 20.1 Å². The Bertz CT molecular complexity index is 2220. The molecule has 2 aromatic heterocycles. The van der Waals surface area contributed by atoms with Crippen LogP contribution in [-0.2, 0) is 4.74 Å². The first kappa shape index (κ1) is 43.8. The molecule has 0 spiro atoms. The molecule has 2 aliphatic heterocycles. The number of hydrogen-bond acceptors (Lipinski definition) is 13. The molecule has 15 nitrogen and oxygen atoms in total. The molecule has 2 aliphatic rings. The molecule has 0 fully saturated rings. The summed E-state index contributed by atoms with van der Waals surface area (Å²) >= 11 is 24.5. The van der Waals surface area contributed by atoms with E-state index in [-0.39, 0.29) is 23.7 Å². The van der Waals surface area contributed by atoms with Gasteiger partial charge in [-0.3, -0.25) is 19.6 Å². The predicted octanol–water partition coefficient (Wildman–Crippen LogP) is 8.16. The molecular weight excluding hydrogens is 838 g/mol. The van der Waals surface area contributed by atoms with Crippen molar-refractivity contribution in [2.75, 3.05) is 46.9 Å². The number of amides is 2. The summed E-state index contributed by atoms with van der Waals surface area (Å²) in [6.45, 7) is 14.2. The lowest BCUT2D eigenvalue weighted by atomic mass is 10.0. The van der Waals surface area contributed by atoms with Crippen molar-refractivity contribution in [1.29, 1.82) is 0 Å². The highest BCUT2D eigenvalue weighted by molar-refractivity contribution is 6.42. The zero-order valence-electron chi connectivity index (χ0n) is 33.5. The fourth-order valence-corrected chi connectivity index (χ4v) is 6.65. The number of anilines is 4. The van der Waals surface area contributed by atoms with Gasteiger partial charge >= 0.3 is 0 Å². The first-order valence-electron chi connectivity index (χ1n) is 19.0. The number of rotatable bonds is 14. The largest absolute Gasteiger partial charge is 0.375 e. The number of nitrogens with one attached hydrogen (secondary N) is 4. The minimum Gasteiger partial charge on any atom is -0.375 e. The summed E-state index contributed by atoms with van der Waals surface area (Å²) in [6.07, 6.45) is 7.25. The lowest BCUT2D eigenvalue weighted by molar-refractivity contribution is -0.0259. The number of benzene rings is 2. The second kappa shape index (κ2) is 18.6. The Hall–Kier alpha value is -4.80. The maximum atomic E-state index is 13.0. The van der Waals surface area contributed by atoms with Crippen molar-refractivity contribution < 1.29 is 14.3 Å². The molecule has 0 radical (unpaired) electrons. The number of ether oxygens (including phenoxy) is 1. The molecular formula is C40H46Cl4N12O3. The Morgan fingerprint density at radius 2 is 1.15 bits per heavy atom. The normalized spacial score (nSPS) is 16.8. The minimum absolute atomic E-state index is 0.0178. The summed E-state index contributed by atoms with van der Waals surface area (Å²) in [7, 11) is 0. The van der Waals surface area contributed by atoms with Crippen LogP contribution in [0.4, 0.5) is 23.3 Å². The van der Waals surface area contributed by atoms with Crippen molar-refractivity contribution in [3.8, 4) is 0 Å². The Morgan fingerprint density at radius 3 is 1.61 bits per heavy atom. The average Bonchev–Trinajstić information content (AvgIpc) is 3.74. The third-order valence-corrected chi connectivity index (χ3v) is 11.2. The Morgan fingerprint density at radius 1 is 0.695 bits per heavy atom. The maximum Gasteiger partial charge on any atom is 0.259 e. The fraction of sp³-hybridized carbons (Fsp3) is 0.400. The van der Waals surface area contributed by atoms with Crippen LogP contribution in [0.5, 0.6) is 0 Å². The van der Waals surface area contributed by atoms with E-state index in [4.69, 9.17) is 51.1 Å². The average molecular weight is 885 g/mol. The highest BCUT2D eigenvalue weighted by Crippen LogP contribution is 2.31. The van der Waals surface area contributed by atoms with E-state index < -0.39 is 11.1 Å². The van der Waals surface area contributed by atoms with Crippen molar-refractivity contribution in [3.05, 3.63) is 92.4 Å². The number of hydrazone groups is 2. The number of nitrogens with zero attached hydrogens (tertiary/aromatic N) is 8. The second-order valence-electron chi connectivity index (χ2n) is 15.7. The molecule has 0 unspecified atom stereocenters. The quantitative estimate of drug-likeness (QED) is 0.0962. The first-order valence-corrected chi connectivity index (χ1v) is 20.5. The smallest absolute Gasteiger partial charge is 0.259 e. The Balaban J connectivity index is 0.904. The number of carbonyl (C=O) groups excluding carboxylic acids is 2. The SMILES string of the molecule is C[C@H]1CN(c2ccc(Cl)c(Cl)c2)N=C1NC(=O)c1cnc(NCCC(C)(C)OCCC(C)(C)Nc2ncc(C(=O)NC3=NN(c4ccc(Cl)c(Cl)c4)C[C@@H]3C)cn2)nc1. The summed E-state index contributed by atoms with van der Waals surface area (Å²) in [5.41, 5.74) is 1.32. The van der Waals surface area contributed by atoms with Gasteiger partial charge in [0.2, 0.25) is 11.9 Å². The summed E-state index contributed by atoms with van der Waals surface area (Å²) < 4.78 is 6.26. The standard InChI is InChI=1S/C40H46Cl4N12O3/c1-23-21-55(27-7-9-29(41)31(43)15-27)53-33(23)50-35(57)25-17-46-37(47-18-25)45-13-11-40(5,6)59-14-12-39(3,4)52-38-48-19-26(20-49-38)36(58)51-34-24(2)22-56(54-34)28-8-10-30(42)32(44)16-28/h7-10,15-20,23-24H,11-14,21-22H2,1-6H3,(H,45,46,47)(H,48,49,52)(H,50,53,57)(H,51,54,58)/t23-,24-/m0/s1. The van der Waals surface area contributed by atoms with Crippen molar-refractivity contribution in [2.24, 2.45) is 22.0 Å². The molecule has 2 atom stereocenters. The third kappa shape index (κ3) is 11.7. The number of amidine groups is 2. The van der Waals surface area contributed by atoms with E-state index in [1.807, 2.05) is 53.7 Å². The van der Waals surface area contributed by atoms with Crippen LogP contribution in [0.25, 0.3) is 0 Å². The molecule has 6 rings (SSSR count). The van der Waals surface area contributed by atoms with Gasteiger partial charge in [0.25, 0.3) is 11.8 Å². The van der Waals surface area contributed by atoms with Crippen LogP contribution in [0.1, 0.15) is 75.1 Å². The molecule has 2 aromatic carbocycles. The maximum absolute atomic E-state index is 13.0. The highest BCUT2D eigenvalue weighted by Gasteiger charge is 2.28. The summed E-state index contributed by atoms with van der Waals surface area (Å²) in [5, 5.41) is 26.8. The molecule has 312 valence electrons. The van der Waals surface area contributed by atoms with Gasteiger partial charge in [-0.1, -0.05) is 60.3 Å². The zero-order valence-corrected chi connectivity index (χ0v) is 36.5. The van der Waals surface area contributed by atoms with Crippen LogP contribution < -0.4 is 31.3 Å². The zero-order chi connectivity index (χ0) is 42.5. The Kier molecular flexibility index (Phi) is 13.8. The van der Waals surface area contributed by atoms with Crippen LogP contribution in [0.3, 0.4) is 0 Å². The van der Waals surface area contributed by atoms with E-state index in [9.17, 15) is 9.59 Å². The van der Waals surface area contributed by atoms with Crippen LogP contribution in [-0.4, -0.2) is 80.8 Å². The van der Waals surface area contributed by atoms with Gasteiger partial charge in [0.05, 0.1) is 61.3 Å². The number of carbonyl (C=O) groups is 2. The van der Waals surface area contributed by atoms with Gasteiger partial charge in [-0.25, -0.2) is 19.9 Å². The highest BCUT2D eigenvalue weighted by atomic mass is 35.5. The molecule has 0 saturated heterocycles. The molecule has 19 heteroatoms. The van der Waals surface area contributed by atoms with Gasteiger partial charge in [-0.05, 0) is 76.9 Å². The number of halogens is 4. The number of hydrogen-bond donors (Lipinski definition) is 4. The van der Waals surface area contributed by atoms with Gasteiger partial charge in [-0.15, -0.1) is 0 Å². The molecule has 59 heavy (non-hydrogen) atoms. The number of aromatic nitrogens is 4. The molecule has 4 aromatic rings. The van der Waals surface area contributed by atoms with Gasteiger partial charge in [0, 0.05) is 55.3 Å². The Labute approximate surface area is 363 Å². The van der Waals surface area contributed by atoms with E-state index in [0.29, 0.717) is 93.9 Å². The second-order valence-corrected chi connectivity index (χ2v) is 17.3. The molecule has 0 bridgehead atoms. The van der Waals surface area contributed by atoms with E-state index in [0.717, 1.165) is 11.4 Å². The summed E-state index contributed by atoms with van der Waals surface area (Å²) in [5.74, 6) is 1.12. The van der Waals surface area contributed by atoms with E-state index >= 15 is 0 Å². The van der Waals surface area contributed by atoms with Gasteiger partial charge in [-0.2, -0.15) is 10.2 Å². The van der Waals surface area contributed by atoms with Crippen LogP contribution in [0.15, 0.2) is 71.4 Å². The molecule has 4 heterocycles. The molecule has 2 amide bonds. The van der Waals surface area contributed by atoms with Crippen LogP contribution >= 0.6 is 46.4 Å². The third-order valence-electron chi connectivity index (χ3n) is 9.68. The van der Waals surface area contributed by atoms with E-state index in [1.54, 1.807) is 34.3 Å². The van der Waals surface area contributed by atoms with Crippen LogP contribution in [0, 0.1) is 11.8 Å². The minimum atomic E-state index is -0.446. The van der Waals surface area contributed by atoms with E-state index in [1.165, 1.54) is 24.8 Å². The summed E-state index contributed by atoms with van der Waals surface area (Å²) in [4.78, 5) is 43.4. The van der Waals surface area contributed by atoms with Gasteiger partial charge < -0.3 is 26.0 Å². The topological polar surface area (TPSA) is 174 Å². The predicted molar refractivity (Wildman–Crippen MR) is 235 cm³/mol. The van der Waals surface area contributed by atoms with Crippen molar-refractivity contribution >= 4 is 93.2 Å². The lowest BCUT2D eigenvalue weighted by Crippen LogP contribution is -2.36. The molecule has 0 saturated carbocycles. The fourth-order valence-electron chi connectivity index (χ4n) is 6.06.